The molecule has 2 aromatic carbocycles. The van der Waals surface area contributed by atoms with Crippen LogP contribution >= 0.6 is 0 Å². The van der Waals surface area contributed by atoms with Crippen molar-refractivity contribution in [3.63, 3.8) is 0 Å². The zero-order chi connectivity index (χ0) is 24.2. The van der Waals surface area contributed by atoms with E-state index in [0.29, 0.717) is 28.9 Å². The minimum Gasteiger partial charge on any atom is -0.300 e. The Bertz CT molecular complexity index is 1150. The highest BCUT2D eigenvalue weighted by atomic mass is 32.2. The summed E-state index contributed by atoms with van der Waals surface area (Å²) in [5, 5.41) is 0. The third-order valence-electron chi connectivity index (χ3n) is 7.02. The van der Waals surface area contributed by atoms with Crippen LogP contribution in [0.15, 0.2) is 64.4 Å². The first-order valence-corrected chi connectivity index (χ1v) is 15.5. The predicted octanol–water partition coefficient (Wildman–Crippen LogP) is 2.15. The summed E-state index contributed by atoms with van der Waals surface area (Å²) >= 11 is 0. The van der Waals surface area contributed by atoms with Crippen molar-refractivity contribution in [1.82, 2.24) is 14.7 Å². The molecule has 7 nitrogen and oxygen atoms in total. The van der Waals surface area contributed by atoms with E-state index in [1.54, 1.807) is 36.4 Å². The Morgan fingerprint density at radius 1 is 0.765 bits per heavy atom. The molecule has 0 radical (unpaired) electrons. The molecule has 0 aromatic heterocycles. The lowest BCUT2D eigenvalue weighted by Gasteiger charge is -2.42. The minimum absolute atomic E-state index is 0.157. The molecule has 34 heavy (non-hydrogen) atoms. The Hall–Kier alpha value is -1.78. The van der Waals surface area contributed by atoms with Crippen LogP contribution in [0.5, 0.6) is 0 Å². The summed E-state index contributed by atoms with van der Waals surface area (Å²) in [5.74, 6) is 0.157. The second-order valence-electron chi connectivity index (χ2n) is 9.40. The number of sulfone groups is 2. The zero-order valence-corrected chi connectivity index (χ0v) is 21.5. The SMILES string of the molecule is CS(=O)(=O)c1ccccc1CN1CCC(N2CCN(CCS(=O)(=O)c3ccccc3)CC2)CC1. The molecule has 0 N–H and O–H groups in total. The molecular formula is C25H35N3O4S2. The number of benzene rings is 2. The maximum Gasteiger partial charge on any atom is 0.179 e. The summed E-state index contributed by atoms with van der Waals surface area (Å²) in [4.78, 5) is 7.99. The van der Waals surface area contributed by atoms with Crippen LogP contribution in [-0.4, -0.2) is 95.4 Å². The van der Waals surface area contributed by atoms with Gasteiger partial charge in [0, 0.05) is 51.6 Å². The van der Waals surface area contributed by atoms with Crippen LogP contribution in [0, 0.1) is 0 Å². The van der Waals surface area contributed by atoms with Gasteiger partial charge in [-0.1, -0.05) is 36.4 Å². The van der Waals surface area contributed by atoms with Gasteiger partial charge in [0.15, 0.2) is 19.7 Å². The maximum atomic E-state index is 12.5. The first-order valence-electron chi connectivity index (χ1n) is 12.0. The lowest BCUT2D eigenvalue weighted by molar-refractivity contribution is 0.0594. The average Bonchev–Trinajstić information content (AvgIpc) is 2.84. The summed E-state index contributed by atoms with van der Waals surface area (Å²) in [5.41, 5.74) is 0.877. The number of hydrogen-bond donors (Lipinski definition) is 0. The topological polar surface area (TPSA) is 78.0 Å². The number of piperazine rings is 1. The quantitative estimate of drug-likeness (QED) is 0.544. The van der Waals surface area contributed by atoms with E-state index in [2.05, 4.69) is 14.7 Å². The van der Waals surface area contributed by atoms with E-state index in [1.165, 1.54) is 6.26 Å². The summed E-state index contributed by atoms with van der Waals surface area (Å²) in [6.07, 6.45) is 3.42. The van der Waals surface area contributed by atoms with E-state index in [1.807, 2.05) is 18.2 Å². The molecule has 9 heteroatoms. The van der Waals surface area contributed by atoms with Gasteiger partial charge in [0.05, 0.1) is 15.5 Å². The molecule has 0 bridgehead atoms. The van der Waals surface area contributed by atoms with Crippen molar-refractivity contribution in [3.8, 4) is 0 Å². The molecule has 0 saturated carbocycles. The van der Waals surface area contributed by atoms with Gasteiger partial charge in [0.1, 0.15) is 0 Å². The Kier molecular flexibility index (Phi) is 8.09. The van der Waals surface area contributed by atoms with Gasteiger partial charge in [-0.05, 0) is 49.7 Å². The van der Waals surface area contributed by atoms with E-state index >= 15 is 0 Å². The largest absolute Gasteiger partial charge is 0.300 e. The summed E-state index contributed by atoms with van der Waals surface area (Å²) in [7, 11) is -6.46. The molecule has 0 spiro atoms. The average molecular weight is 506 g/mol. The molecule has 2 aliphatic heterocycles. The van der Waals surface area contributed by atoms with Gasteiger partial charge in [-0.25, -0.2) is 16.8 Å². The first kappa shape index (κ1) is 25.3. The van der Waals surface area contributed by atoms with Crippen LogP contribution in [0.3, 0.4) is 0 Å². The third kappa shape index (κ3) is 6.46. The maximum absolute atomic E-state index is 12.5. The van der Waals surface area contributed by atoms with Gasteiger partial charge < -0.3 is 0 Å². The van der Waals surface area contributed by atoms with Crippen LogP contribution in [0.1, 0.15) is 18.4 Å². The molecule has 186 valence electrons. The van der Waals surface area contributed by atoms with Crippen molar-refractivity contribution in [1.29, 1.82) is 0 Å². The normalized spacial score (nSPS) is 19.9. The minimum atomic E-state index is -3.24. The smallest absolute Gasteiger partial charge is 0.179 e. The van der Waals surface area contributed by atoms with Crippen LogP contribution in [0.4, 0.5) is 0 Å². The van der Waals surface area contributed by atoms with Gasteiger partial charge in [-0.3, -0.25) is 14.7 Å². The van der Waals surface area contributed by atoms with Gasteiger partial charge in [0.25, 0.3) is 0 Å². The van der Waals surface area contributed by atoms with Crippen molar-refractivity contribution in [3.05, 3.63) is 60.2 Å². The second kappa shape index (κ2) is 10.9. The summed E-state index contributed by atoms with van der Waals surface area (Å²) in [6.45, 7) is 6.87. The fourth-order valence-corrected chi connectivity index (χ4v) is 7.27. The molecular weight excluding hydrogens is 470 g/mol. The number of hydrogen-bond acceptors (Lipinski definition) is 7. The number of likely N-dealkylation sites (tertiary alicyclic amines) is 1. The second-order valence-corrected chi connectivity index (χ2v) is 13.5. The molecule has 2 aromatic rings. The zero-order valence-electron chi connectivity index (χ0n) is 19.8. The first-order chi connectivity index (χ1) is 16.2. The third-order valence-corrected chi connectivity index (χ3v) is 9.93. The van der Waals surface area contributed by atoms with Gasteiger partial charge in [-0.2, -0.15) is 0 Å². The van der Waals surface area contributed by atoms with Crippen LogP contribution in [-0.2, 0) is 26.2 Å². The highest BCUT2D eigenvalue weighted by Crippen LogP contribution is 2.23. The Morgan fingerprint density at radius 3 is 2.03 bits per heavy atom. The Morgan fingerprint density at radius 2 is 1.38 bits per heavy atom. The molecule has 2 heterocycles. The van der Waals surface area contributed by atoms with Crippen LogP contribution < -0.4 is 0 Å². The number of rotatable bonds is 8. The molecule has 4 rings (SSSR count). The Balaban J connectivity index is 1.22. The highest BCUT2D eigenvalue weighted by Gasteiger charge is 2.28. The fraction of sp³-hybridized carbons (Fsp3) is 0.520. The van der Waals surface area contributed by atoms with Gasteiger partial charge in [-0.15, -0.1) is 0 Å². The molecule has 0 unspecified atom stereocenters. The van der Waals surface area contributed by atoms with Crippen molar-refractivity contribution in [2.75, 3.05) is 57.8 Å². The molecule has 2 fully saturated rings. The number of nitrogens with zero attached hydrogens (tertiary/aromatic N) is 3. The van der Waals surface area contributed by atoms with Crippen molar-refractivity contribution < 1.29 is 16.8 Å². The standard InChI is InChI=1S/C25H35N3O4S2/c1-33(29,30)25-10-6-5-7-22(25)21-27-13-11-23(12-14-27)28-17-15-26(16-18-28)19-20-34(31,32)24-8-3-2-4-9-24/h2-10,23H,11-21H2,1H3. The summed E-state index contributed by atoms with van der Waals surface area (Å²) < 4.78 is 49.3. The lowest BCUT2D eigenvalue weighted by atomic mass is 10.0. The Labute approximate surface area is 204 Å². The number of piperidine rings is 1. The van der Waals surface area contributed by atoms with Crippen LogP contribution in [0.25, 0.3) is 0 Å². The van der Waals surface area contributed by atoms with Crippen molar-refractivity contribution in [2.24, 2.45) is 0 Å². The summed E-state index contributed by atoms with van der Waals surface area (Å²) in [6, 6.07) is 16.5. The van der Waals surface area contributed by atoms with E-state index in [0.717, 1.165) is 57.7 Å². The molecule has 0 atom stereocenters. The van der Waals surface area contributed by atoms with E-state index in [4.69, 9.17) is 0 Å². The van der Waals surface area contributed by atoms with E-state index in [9.17, 15) is 16.8 Å². The lowest BCUT2D eigenvalue weighted by Crippen LogP contribution is -2.53. The predicted molar refractivity (Wildman–Crippen MR) is 134 cm³/mol. The molecule has 0 amide bonds. The highest BCUT2D eigenvalue weighted by molar-refractivity contribution is 7.91. The van der Waals surface area contributed by atoms with Crippen LogP contribution in [0.2, 0.25) is 0 Å². The van der Waals surface area contributed by atoms with Gasteiger partial charge in [0.2, 0.25) is 0 Å². The van der Waals surface area contributed by atoms with E-state index in [-0.39, 0.29) is 5.75 Å². The molecule has 2 aliphatic rings. The molecule has 0 aliphatic carbocycles. The monoisotopic (exact) mass is 505 g/mol. The molecule has 2 saturated heterocycles. The fourth-order valence-electron chi connectivity index (χ4n) is 5.03. The van der Waals surface area contributed by atoms with Gasteiger partial charge >= 0.3 is 0 Å². The van der Waals surface area contributed by atoms with Crippen molar-refractivity contribution in [2.45, 2.75) is 35.2 Å². The van der Waals surface area contributed by atoms with Crippen molar-refractivity contribution >= 4 is 19.7 Å². The van der Waals surface area contributed by atoms with E-state index < -0.39 is 19.7 Å².